The lowest BCUT2D eigenvalue weighted by Crippen LogP contribution is -2.10. The molecule has 0 aliphatic carbocycles. The predicted molar refractivity (Wildman–Crippen MR) is 53.9 cm³/mol. The van der Waals surface area contributed by atoms with E-state index in [0.29, 0.717) is 4.47 Å². The SMILES string of the molecule is N=C(c1cc(Br)cnc1N)S(=O)O. The first-order chi connectivity index (χ1) is 6.02. The van der Waals surface area contributed by atoms with E-state index in [2.05, 4.69) is 20.9 Å². The minimum absolute atomic E-state index is 0.0654. The number of halogens is 1. The molecule has 1 unspecified atom stereocenters. The maximum atomic E-state index is 10.6. The van der Waals surface area contributed by atoms with Crippen molar-refractivity contribution in [2.24, 2.45) is 0 Å². The molecule has 0 fully saturated rings. The molecule has 0 saturated heterocycles. The molecule has 0 radical (unpaired) electrons. The molecule has 0 saturated carbocycles. The zero-order chi connectivity index (χ0) is 10.0. The van der Waals surface area contributed by atoms with Crippen LogP contribution >= 0.6 is 15.9 Å². The zero-order valence-corrected chi connectivity index (χ0v) is 8.72. The normalized spacial score (nSPS) is 12.5. The van der Waals surface area contributed by atoms with Crippen LogP contribution < -0.4 is 5.73 Å². The van der Waals surface area contributed by atoms with E-state index >= 15 is 0 Å². The molecule has 1 aromatic rings. The molecule has 1 heterocycles. The van der Waals surface area contributed by atoms with Gasteiger partial charge in [-0.05, 0) is 22.0 Å². The molecule has 13 heavy (non-hydrogen) atoms. The van der Waals surface area contributed by atoms with Crippen molar-refractivity contribution in [1.82, 2.24) is 4.98 Å². The second-order valence-electron chi connectivity index (χ2n) is 2.16. The van der Waals surface area contributed by atoms with Crippen molar-refractivity contribution < 1.29 is 8.76 Å². The number of pyridine rings is 1. The van der Waals surface area contributed by atoms with Crippen LogP contribution in [0.5, 0.6) is 0 Å². The van der Waals surface area contributed by atoms with Crippen molar-refractivity contribution in [3.63, 3.8) is 0 Å². The Kier molecular flexibility index (Phi) is 3.12. The average molecular weight is 264 g/mol. The van der Waals surface area contributed by atoms with Crippen LogP contribution in [0, 0.1) is 5.41 Å². The van der Waals surface area contributed by atoms with Crippen molar-refractivity contribution in [3.05, 3.63) is 22.3 Å². The van der Waals surface area contributed by atoms with E-state index in [4.69, 9.17) is 15.7 Å². The summed E-state index contributed by atoms with van der Waals surface area (Å²) in [5, 5.41) is 6.78. The van der Waals surface area contributed by atoms with Crippen molar-refractivity contribution in [1.29, 1.82) is 5.41 Å². The van der Waals surface area contributed by atoms with Gasteiger partial charge in [-0.25, -0.2) is 9.19 Å². The quantitative estimate of drug-likeness (QED) is 0.399. The first-order valence-electron chi connectivity index (χ1n) is 3.13. The van der Waals surface area contributed by atoms with Crippen LogP contribution in [0.25, 0.3) is 0 Å². The van der Waals surface area contributed by atoms with E-state index in [1.165, 1.54) is 12.3 Å². The molecule has 0 aliphatic heterocycles. The van der Waals surface area contributed by atoms with Gasteiger partial charge in [-0.3, -0.25) is 5.41 Å². The lowest BCUT2D eigenvalue weighted by atomic mass is 10.3. The Morgan fingerprint density at radius 3 is 2.92 bits per heavy atom. The summed E-state index contributed by atoms with van der Waals surface area (Å²) in [6.45, 7) is 0. The largest absolute Gasteiger partial charge is 0.383 e. The Bertz CT molecular complexity index is 382. The number of nitrogens with one attached hydrogen (secondary N) is 1. The fourth-order valence-corrected chi connectivity index (χ4v) is 1.41. The third kappa shape index (κ3) is 2.33. The van der Waals surface area contributed by atoms with Gasteiger partial charge in [0.05, 0.1) is 5.56 Å². The summed E-state index contributed by atoms with van der Waals surface area (Å²) in [6, 6.07) is 1.47. The van der Waals surface area contributed by atoms with Gasteiger partial charge in [0.2, 0.25) is 11.1 Å². The Hall–Kier alpha value is -0.790. The highest BCUT2D eigenvalue weighted by atomic mass is 79.9. The fourth-order valence-electron chi connectivity index (χ4n) is 0.726. The van der Waals surface area contributed by atoms with Crippen LogP contribution in [-0.4, -0.2) is 18.8 Å². The highest BCUT2D eigenvalue weighted by Gasteiger charge is 2.12. The van der Waals surface area contributed by atoms with Gasteiger partial charge in [0.1, 0.15) is 5.82 Å². The lowest BCUT2D eigenvalue weighted by molar-refractivity contribution is 0.577. The summed E-state index contributed by atoms with van der Waals surface area (Å²) in [7, 11) is 0. The first-order valence-corrected chi connectivity index (χ1v) is 5.03. The highest BCUT2D eigenvalue weighted by Crippen LogP contribution is 2.16. The van der Waals surface area contributed by atoms with Gasteiger partial charge in [0.25, 0.3) is 0 Å². The predicted octanol–water partition coefficient (Wildman–Crippen LogP) is 0.973. The number of nitrogens with zero attached hydrogens (tertiary/aromatic N) is 1. The molecule has 1 aromatic heterocycles. The summed E-state index contributed by atoms with van der Waals surface area (Å²) >= 11 is 0.781. The van der Waals surface area contributed by atoms with Crippen LogP contribution in [0.15, 0.2) is 16.7 Å². The molecule has 5 nitrogen and oxygen atoms in total. The summed E-state index contributed by atoms with van der Waals surface area (Å²) in [4.78, 5) is 3.73. The van der Waals surface area contributed by atoms with Gasteiger partial charge in [0, 0.05) is 10.7 Å². The van der Waals surface area contributed by atoms with E-state index in [0.717, 1.165) is 0 Å². The average Bonchev–Trinajstić information content (AvgIpc) is 2.08. The molecule has 0 amide bonds. The van der Waals surface area contributed by atoms with Crippen molar-refractivity contribution in [2.75, 3.05) is 5.73 Å². The van der Waals surface area contributed by atoms with Crippen LogP contribution in [0.2, 0.25) is 0 Å². The zero-order valence-electron chi connectivity index (χ0n) is 6.32. The Morgan fingerprint density at radius 1 is 1.77 bits per heavy atom. The maximum Gasteiger partial charge on any atom is 0.205 e. The number of hydrogen-bond acceptors (Lipinski definition) is 4. The van der Waals surface area contributed by atoms with E-state index in [1.807, 2.05) is 0 Å². The number of aromatic nitrogens is 1. The smallest absolute Gasteiger partial charge is 0.205 e. The minimum atomic E-state index is -2.34. The Morgan fingerprint density at radius 2 is 2.38 bits per heavy atom. The monoisotopic (exact) mass is 263 g/mol. The molecule has 0 aromatic carbocycles. The van der Waals surface area contributed by atoms with Crippen LogP contribution in [0.4, 0.5) is 5.82 Å². The van der Waals surface area contributed by atoms with E-state index in [-0.39, 0.29) is 11.4 Å². The van der Waals surface area contributed by atoms with E-state index in [9.17, 15) is 4.21 Å². The van der Waals surface area contributed by atoms with Gasteiger partial charge in [0.15, 0.2) is 5.04 Å². The van der Waals surface area contributed by atoms with Gasteiger partial charge in [-0.15, -0.1) is 0 Å². The molecule has 70 valence electrons. The molecule has 0 aliphatic rings. The van der Waals surface area contributed by atoms with Crippen LogP contribution in [0.1, 0.15) is 5.56 Å². The maximum absolute atomic E-state index is 10.6. The van der Waals surface area contributed by atoms with E-state index in [1.54, 1.807) is 0 Å². The summed E-state index contributed by atoms with van der Waals surface area (Å²) in [6.07, 6.45) is 1.45. The Labute approximate surface area is 85.3 Å². The third-order valence-electron chi connectivity index (χ3n) is 1.30. The molecular weight excluding hydrogens is 258 g/mol. The van der Waals surface area contributed by atoms with Gasteiger partial charge in [-0.2, -0.15) is 0 Å². The van der Waals surface area contributed by atoms with E-state index < -0.39 is 16.1 Å². The second kappa shape index (κ2) is 3.95. The van der Waals surface area contributed by atoms with Crippen molar-refractivity contribution in [2.45, 2.75) is 0 Å². The third-order valence-corrected chi connectivity index (χ3v) is 2.31. The van der Waals surface area contributed by atoms with Gasteiger partial charge >= 0.3 is 0 Å². The molecule has 1 rings (SSSR count). The molecule has 7 heteroatoms. The molecular formula is C6H6BrN3O2S. The lowest BCUT2D eigenvalue weighted by Gasteiger charge is -2.02. The standard InChI is InChI=1S/C6H6BrN3O2S/c7-3-1-4(5(8)10-2-3)6(9)13(11)12/h1-2,9H,(H2,8,10)(H,11,12). The Balaban J connectivity index is 3.21. The molecule has 0 bridgehead atoms. The topological polar surface area (TPSA) is 100 Å². The number of nitrogen functional groups attached to an aromatic ring is 1. The fraction of sp³-hybridized carbons (Fsp3) is 0. The number of nitrogens with two attached hydrogens (primary N) is 1. The van der Waals surface area contributed by atoms with Crippen molar-refractivity contribution in [3.8, 4) is 0 Å². The molecule has 0 spiro atoms. The summed E-state index contributed by atoms with van der Waals surface area (Å²) in [5.41, 5.74) is 5.57. The number of hydrogen-bond donors (Lipinski definition) is 3. The van der Waals surface area contributed by atoms with Crippen LogP contribution in [-0.2, 0) is 11.1 Å². The molecule has 1 atom stereocenters. The van der Waals surface area contributed by atoms with Gasteiger partial charge < -0.3 is 10.3 Å². The number of anilines is 1. The minimum Gasteiger partial charge on any atom is -0.383 e. The molecule has 4 N–H and O–H groups in total. The number of rotatable bonds is 1. The second-order valence-corrected chi connectivity index (χ2v) is 3.99. The summed E-state index contributed by atoms with van der Waals surface area (Å²) in [5.74, 6) is 0.0654. The first kappa shape index (κ1) is 10.3. The van der Waals surface area contributed by atoms with Crippen molar-refractivity contribution >= 4 is 37.9 Å². The highest BCUT2D eigenvalue weighted by molar-refractivity contribution is 9.10. The summed E-state index contributed by atoms with van der Waals surface area (Å²) < 4.78 is 19.8. The van der Waals surface area contributed by atoms with Crippen LogP contribution in [0.3, 0.4) is 0 Å². The van der Waals surface area contributed by atoms with Gasteiger partial charge in [-0.1, -0.05) is 0 Å².